The second-order valence-electron chi connectivity index (χ2n) is 5.82. The first-order chi connectivity index (χ1) is 7.39. The molecule has 1 fully saturated rings. The number of carbonyl (C=O) groups is 1. The smallest absolute Gasteiger partial charge is 0.307 e. The van der Waals surface area contributed by atoms with Crippen LogP contribution in [0.15, 0.2) is 24.5 Å². The standard InChI is InChI=1S/C14H20O2/c1-5-13(3,4)9-14-8-11(14)6-7-12(14)16-10(2)15/h5,7,11H,1,6,8-9H2,2-4H3. The van der Waals surface area contributed by atoms with Crippen molar-refractivity contribution in [2.45, 2.75) is 40.0 Å². The quantitative estimate of drug-likeness (QED) is 0.536. The van der Waals surface area contributed by atoms with Crippen LogP contribution in [0, 0.1) is 16.7 Å². The average molecular weight is 220 g/mol. The summed E-state index contributed by atoms with van der Waals surface area (Å²) in [7, 11) is 0. The lowest BCUT2D eigenvalue weighted by Crippen LogP contribution is -2.19. The van der Waals surface area contributed by atoms with Crippen molar-refractivity contribution in [2.24, 2.45) is 16.7 Å². The Bertz CT molecular complexity index is 365. The van der Waals surface area contributed by atoms with Crippen LogP contribution in [0.2, 0.25) is 0 Å². The molecule has 2 nitrogen and oxygen atoms in total. The van der Waals surface area contributed by atoms with Gasteiger partial charge in [-0.1, -0.05) is 19.9 Å². The molecule has 0 bridgehead atoms. The second-order valence-corrected chi connectivity index (χ2v) is 5.82. The van der Waals surface area contributed by atoms with Crippen molar-refractivity contribution < 1.29 is 9.53 Å². The number of rotatable bonds is 4. The molecule has 0 aromatic rings. The van der Waals surface area contributed by atoms with Crippen molar-refractivity contribution in [3.63, 3.8) is 0 Å². The lowest BCUT2D eigenvalue weighted by atomic mass is 9.80. The Labute approximate surface area is 97.4 Å². The summed E-state index contributed by atoms with van der Waals surface area (Å²) in [4.78, 5) is 11.1. The number of allylic oxidation sites excluding steroid dienone is 3. The summed E-state index contributed by atoms with van der Waals surface area (Å²) in [6.45, 7) is 9.73. The number of esters is 1. The molecule has 1 saturated carbocycles. The first-order valence-corrected chi connectivity index (χ1v) is 5.92. The van der Waals surface area contributed by atoms with Gasteiger partial charge in [-0.25, -0.2) is 0 Å². The van der Waals surface area contributed by atoms with E-state index in [1.165, 1.54) is 13.3 Å². The van der Waals surface area contributed by atoms with Crippen LogP contribution in [-0.2, 0) is 9.53 Å². The number of ether oxygens (including phenoxy) is 1. The van der Waals surface area contributed by atoms with Crippen LogP contribution in [0.3, 0.4) is 0 Å². The number of fused-ring (bicyclic) bond motifs is 1. The molecule has 0 radical (unpaired) electrons. The molecule has 2 aliphatic rings. The van der Waals surface area contributed by atoms with Gasteiger partial charge in [0, 0.05) is 12.3 Å². The van der Waals surface area contributed by atoms with E-state index < -0.39 is 0 Å². The second kappa shape index (κ2) is 3.47. The van der Waals surface area contributed by atoms with Gasteiger partial charge in [0.05, 0.1) is 0 Å². The summed E-state index contributed by atoms with van der Waals surface area (Å²) in [5.41, 5.74) is 0.252. The average Bonchev–Trinajstić information content (AvgIpc) is 2.78. The van der Waals surface area contributed by atoms with Gasteiger partial charge in [0.15, 0.2) is 0 Å². The van der Waals surface area contributed by atoms with Crippen molar-refractivity contribution in [2.75, 3.05) is 0 Å². The van der Waals surface area contributed by atoms with Gasteiger partial charge < -0.3 is 4.74 Å². The molecule has 0 spiro atoms. The third kappa shape index (κ3) is 1.81. The molecule has 0 aromatic heterocycles. The van der Waals surface area contributed by atoms with Crippen molar-refractivity contribution in [1.82, 2.24) is 0 Å². The van der Waals surface area contributed by atoms with Crippen LogP contribution < -0.4 is 0 Å². The lowest BCUT2D eigenvalue weighted by molar-refractivity contribution is -0.138. The molecule has 2 atom stereocenters. The maximum atomic E-state index is 11.1. The van der Waals surface area contributed by atoms with Crippen LogP contribution in [0.4, 0.5) is 0 Å². The molecular formula is C14H20O2. The van der Waals surface area contributed by atoms with Gasteiger partial charge in [0.2, 0.25) is 0 Å². The highest BCUT2D eigenvalue weighted by atomic mass is 16.5. The molecule has 2 rings (SSSR count). The molecule has 2 aliphatic carbocycles. The Hall–Kier alpha value is -1.05. The Morgan fingerprint density at radius 2 is 2.44 bits per heavy atom. The van der Waals surface area contributed by atoms with E-state index in [9.17, 15) is 4.79 Å². The van der Waals surface area contributed by atoms with Crippen molar-refractivity contribution in [1.29, 1.82) is 0 Å². The van der Waals surface area contributed by atoms with E-state index in [4.69, 9.17) is 4.74 Å². The monoisotopic (exact) mass is 220 g/mol. The summed E-state index contributed by atoms with van der Waals surface area (Å²) in [6, 6.07) is 0. The van der Waals surface area contributed by atoms with E-state index in [0.29, 0.717) is 5.92 Å². The Morgan fingerprint density at radius 1 is 1.75 bits per heavy atom. The van der Waals surface area contributed by atoms with Crippen molar-refractivity contribution in [3.8, 4) is 0 Å². The van der Waals surface area contributed by atoms with Gasteiger partial charge in [-0.15, -0.1) is 6.58 Å². The van der Waals surface area contributed by atoms with Gasteiger partial charge >= 0.3 is 5.97 Å². The summed E-state index contributed by atoms with van der Waals surface area (Å²) in [6.07, 6.45) is 7.36. The number of hydrogen-bond acceptors (Lipinski definition) is 2. The van der Waals surface area contributed by atoms with E-state index in [2.05, 4.69) is 26.5 Å². The molecule has 0 aliphatic heterocycles. The first kappa shape index (κ1) is 11.4. The lowest BCUT2D eigenvalue weighted by Gasteiger charge is -2.27. The van der Waals surface area contributed by atoms with Crippen LogP contribution in [-0.4, -0.2) is 5.97 Å². The highest BCUT2D eigenvalue weighted by Crippen LogP contribution is 2.68. The van der Waals surface area contributed by atoms with Crippen LogP contribution in [0.5, 0.6) is 0 Å². The number of carbonyl (C=O) groups excluding carboxylic acids is 1. The minimum Gasteiger partial charge on any atom is -0.431 e. The Kier molecular flexibility index (Phi) is 2.48. The van der Waals surface area contributed by atoms with E-state index in [-0.39, 0.29) is 16.8 Å². The van der Waals surface area contributed by atoms with E-state index in [1.54, 1.807) is 0 Å². The Morgan fingerprint density at radius 3 is 2.94 bits per heavy atom. The van der Waals surface area contributed by atoms with Gasteiger partial charge in [-0.05, 0) is 36.7 Å². The molecule has 0 saturated heterocycles. The zero-order valence-electron chi connectivity index (χ0n) is 10.4. The summed E-state index contributed by atoms with van der Waals surface area (Å²) in [5, 5.41) is 0. The fourth-order valence-corrected chi connectivity index (χ4v) is 2.93. The minimum atomic E-state index is -0.199. The molecule has 88 valence electrons. The molecule has 2 unspecified atom stereocenters. The molecule has 2 heteroatoms. The molecule has 0 heterocycles. The molecule has 0 N–H and O–H groups in total. The summed E-state index contributed by atoms with van der Waals surface area (Å²) in [5.74, 6) is 1.41. The summed E-state index contributed by atoms with van der Waals surface area (Å²) < 4.78 is 5.35. The van der Waals surface area contributed by atoms with Crippen molar-refractivity contribution >= 4 is 5.97 Å². The Balaban J connectivity index is 2.12. The van der Waals surface area contributed by atoms with Gasteiger partial charge in [0.25, 0.3) is 0 Å². The largest absolute Gasteiger partial charge is 0.431 e. The van der Waals surface area contributed by atoms with Crippen LogP contribution >= 0.6 is 0 Å². The molecular weight excluding hydrogens is 200 g/mol. The minimum absolute atomic E-state index is 0.109. The zero-order chi connectivity index (χ0) is 12.0. The van der Waals surface area contributed by atoms with Crippen LogP contribution in [0.25, 0.3) is 0 Å². The van der Waals surface area contributed by atoms with Gasteiger partial charge in [-0.2, -0.15) is 0 Å². The fraction of sp³-hybridized carbons (Fsp3) is 0.643. The normalized spacial score (nSPS) is 31.7. The third-order valence-corrected chi connectivity index (χ3v) is 3.89. The fourth-order valence-electron chi connectivity index (χ4n) is 2.93. The highest BCUT2D eigenvalue weighted by molar-refractivity contribution is 5.68. The predicted octanol–water partition coefficient (Wildman–Crippen LogP) is 3.45. The predicted molar refractivity (Wildman–Crippen MR) is 63.6 cm³/mol. The first-order valence-electron chi connectivity index (χ1n) is 5.92. The maximum absolute atomic E-state index is 11.1. The molecule has 16 heavy (non-hydrogen) atoms. The van der Waals surface area contributed by atoms with Gasteiger partial charge in [0.1, 0.15) is 5.76 Å². The summed E-state index contributed by atoms with van der Waals surface area (Å²) >= 11 is 0. The molecule has 0 amide bonds. The highest BCUT2D eigenvalue weighted by Gasteiger charge is 2.61. The van der Waals surface area contributed by atoms with Crippen LogP contribution in [0.1, 0.15) is 40.0 Å². The maximum Gasteiger partial charge on any atom is 0.307 e. The molecule has 0 aromatic carbocycles. The van der Waals surface area contributed by atoms with E-state index >= 15 is 0 Å². The SMILES string of the molecule is C=CC(C)(C)CC12CC1CC=C2OC(C)=O. The topological polar surface area (TPSA) is 26.3 Å². The third-order valence-electron chi connectivity index (χ3n) is 3.89. The van der Waals surface area contributed by atoms with Crippen molar-refractivity contribution in [3.05, 3.63) is 24.5 Å². The number of hydrogen-bond donors (Lipinski definition) is 0. The van der Waals surface area contributed by atoms with E-state index in [1.807, 2.05) is 6.08 Å². The zero-order valence-corrected chi connectivity index (χ0v) is 10.4. The van der Waals surface area contributed by atoms with Gasteiger partial charge in [-0.3, -0.25) is 4.79 Å². The van der Waals surface area contributed by atoms with E-state index in [0.717, 1.165) is 18.6 Å².